The third kappa shape index (κ3) is 18.6. The van der Waals surface area contributed by atoms with Gasteiger partial charge in [0, 0.05) is 14.1 Å². The second-order valence-corrected chi connectivity index (χ2v) is 1.85. The molecule has 0 unspecified atom stereocenters. The van der Waals surface area contributed by atoms with Crippen molar-refractivity contribution < 1.29 is 57.4 Å². The molecule has 0 rings (SSSR count). The summed E-state index contributed by atoms with van der Waals surface area (Å²) in [6.07, 6.45) is -4.44. The summed E-state index contributed by atoms with van der Waals surface area (Å²) in [5, 5.41) is 8.78. The maximum absolute atomic E-state index is 10.5. The molecule has 0 saturated carbocycles. The number of amides is 1. The molecule has 0 aromatic rings. The van der Waals surface area contributed by atoms with Crippen molar-refractivity contribution in [2.75, 3.05) is 14.1 Å². The molecule has 72 valence electrons. The standard InChI is InChI=1S/C3H7NO.C2HF3O2.Na/c1-4(2)3-5;3-2(4,5)1(6)7;/h3H,1-2H3;(H,6,7);/q;;+1/p-1. The summed E-state index contributed by atoms with van der Waals surface area (Å²) < 4.78 is 31.5. The Morgan fingerprint density at radius 1 is 1.38 bits per heavy atom. The zero-order valence-electron chi connectivity index (χ0n) is 7.38. The second kappa shape index (κ2) is 8.33. The van der Waals surface area contributed by atoms with Crippen LogP contribution in [0.4, 0.5) is 13.2 Å². The molecule has 0 aliphatic carbocycles. The normalized spacial score (nSPS) is 8.69. The van der Waals surface area contributed by atoms with Gasteiger partial charge in [0.15, 0.2) is 0 Å². The smallest absolute Gasteiger partial charge is 0.542 e. The number of hydrogen-bond donors (Lipinski definition) is 0. The number of nitrogens with zero attached hydrogens (tertiary/aromatic N) is 1. The van der Waals surface area contributed by atoms with Crippen LogP contribution in [0.15, 0.2) is 0 Å². The molecule has 0 aromatic carbocycles. The Kier molecular flexibility index (Phi) is 11.9. The quantitative estimate of drug-likeness (QED) is 0.327. The zero-order chi connectivity index (χ0) is 10.4. The van der Waals surface area contributed by atoms with E-state index >= 15 is 0 Å². The topological polar surface area (TPSA) is 60.4 Å². The Hall–Kier alpha value is -0.270. The minimum atomic E-state index is -5.19. The van der Waals surface area contributed by atoms with Gasteiger partial charge >= 0.3 is 35.7 Å². The predicted molar refractivity (Wildman–Crippen MR) is 30.8 cm³/mol. The van der Waals surface area contributed by atoms with Crippen LogP contribution in [0.3, 0.4) is 0 Å². The van der Waals surface area contributed by atoms with E-state index in [0.717, 1.165) is 6.41 Å². The van der Waals surface area contributed by atoms with Crippen LogP contribution in [0.5, 0.6) is 0 Å². The first-order valence-electron chi connectivity index (χ1n) is 2.61. The summed E-state index contributed by atoms with van der Waals surface area (Å²) in [5.41, 5.74) is 0. The molecule has 0 aliphatic rings. The van der Waals surface area contributed by atoms with Gasteiger partial charge in [-0.25, -0.2) is 0 Å². The molecule has 0 aromatic heterocycles. The number of hydrogen-bond acceptors (Lipinski definition) is 3. The average Bonchev–Trinajstić information content (AvgIpc) is 1.87. The minimum Gasteiger partial charge on any atom is -0.542 e. The van der Waals surface area contributed by atoms with E-state index in [0.29, 0.717) is 0 Å². The molecule has 0 N–H and O–H groups in total. The van der Waals surface area contributed by atoms with E-state index in [9.17, 15) is 18.0 Å². The van der Waals surface area contributed by atoms with Crippen molar-refractivity contribution in [1.82, 2.24) is 4.90 Å². The van der Waals surface area contributed by atoms with Gasteiger partial charge < -0.3 is 14.8 Å². The van der Waals surface area contributed by atoms with Gasteiger partial charge in [0.1, 0.15) is 5.97 Å². The fourth-order valence-corrected chi connectivity index (χ4v) is 0. The minimum absolute atomic E-state index is 0. The summed E-state index contributed by atoms with van der Waals surface area (Å²) in [4.78, 5) is 19.7. The van der Waals surface area contributed by atoms with Gasteiger partial charge in [-0.15, -0.1) is 0 Å². The molecule has 0 spiro atoms. The number of carboxylic acid groups (broad SMARTS) is 1. The zero-order valence-corrected chi connectivity index (χ0v) is 9.38. The maximum Gasteiger partial charge on any atom is 1.00 e. The fourth-order valence-electron chi connectivity index (χ4n) is 0. The van der Waals surface area contributed by atoms with Gasteiger partial charge in [-0.05, 0) is 0 Å². The van der Waals surface area contributed by atoms with E-state index in [-0.39, 0.29) is 29.6 Å². The van der Waals surface area contributed by atoms with Crippen LogP contribution in [0.25, 0.3) is 0 Å². The third-order valence-electron chi connectivity index (χ3n) is 0.442. The number of carbonyl (C=O) groups excluding carboxylic acids is 2. The first kappa shape index (κ1) is 18.5. The molecular formula is C5H7F3NNaO3. The van der Waals surface area contributed by atoms with Crippen molar-refractivity contribution in [3.05, 3.63) is 0 Å². The number of alkyl halides is 3. The Labute approximate surface area is 95.0 Å². The van der Waals surface area contributed by atoms with E-state index in [1.54, 1.807) is 14.1 Å². The molecule has 1 amide bonds. The molecule has 0 aliphatic heterocycles. The monoisotopic (exact) mass is 209 g/mol. The number of carboxylic acids is 1. The fraction of sp³-hybridized carbons (Fsp3) is 0.600. The summed E-state index contributed by atoms with van der Waals surface area (Å²) in [5.74, 6) is -3.01. The van der Waals surface area contributed by atoms with Crippen LogP contribution in [0, 0.1) is 0 Å². The van der Waals surface area contributed by atoms with Crippen molar-refractivity contribution in [2.24, 2.45) is 0 Å². The summed E-state index contributed by atoms with van der Waals surface area (Å²) >= 11 is 0. The number of halogens is 3. The summed E-state index contributed by atoms with van der Waals surface area (Å²) in [6.45, 7) is 0. The van der Waals surface area contributed by atoms with Gasteiger partial charge in [0.25, 0.3) is 0 Å². The Balaban J connectivity index is -0.000000150. The predicted octanol–water partition coefficient (Wildman–Crippen LogP) is -3.99. The third-order valence-corrected chi connectivity index (χ3v) is 0.442. The van der Waals surface area contributed by atoms with Crippen LogP contribution in [-0.2, 0) is 9.59 Å². The molecule has 8 heteroatoms. The molecule has 0 heterocycles. The van der Waals surface area contributed by atoms with Crippen molar-refractivity contribution in [3.8, 4) is 0 Å². The first-order chi connectivity index (χ1) is 5.21. The molecule has 0 radical (unpaired) electrons. The van der Waals surface area contributed by atoms with Gasteiger partial charge in [0.2, 0.25) is 6.41 Å². The van der Waals surface area contributed by atoms with E-state index in [4.69, 9.17) is 9.90 Å². The molecule has 13 heavy (non-hydrogen) atoms. The van der Waals surface area contributed by atoms with E-state index in [1.807, 2.05) is 0 Å². The van der Waals surface area contributed by atoms with Crippen LogP contribution < -0.4 is 34.7 Å². The van der Waals surface area contributed by atoms with Gasteiger partial charge in [-0.1, -0.05) is 0 Å². The number of aliphatic carboxylic acids is 1. The van der Waals surface area contributed by atoms with E-state index < -0.39 is 12.1 Å². The molecular weight excluding hydrogens is 202 g/mol. The van der Waals surface area contributed by atoms with Crippen LogP contribution >= 0.6 is 0 Å². The van der Waals surface area contributed by atoms with Gasteiger partial charge in [-0.3, -0.25) is 4.79 Å². The Morgan fingerprint density at radius 3 is 1.54 bits per heavy atom. The van der Waals surface area contributed by atoms with E-state index in [2.05, 4.69) is 0 Å². The van der Waals surface area contributed by atoms with Crippen LogP contribution in [-0.4, -0.2) is 37.6 Å². The van der Waals surface area contributed by atoms with Gasteiger partial charge in [-0.2, -0.15) is 13.2 Å². The van der Waals surface area contributed by atoms with E-state index in [1.165, 1.54) is 4.90 Å². The summed E-state index contributed by atoms with van der Waals surface area (Å²) in [6, 6.07) is 0. The SMILES string of the molecule is CN(C)C=O.O=C([O-])C(F)(F)F.[Na+]. The number of carbonyl (C=O) groups is 2. The Morgan fingerprint density at radius 2 is 1.54 bits per heavy atom. The van der Waals surface area contributed by atoms with Crippen LogP contribution in [0.2, 0.25) is 0 Å². The molecule has 0 bridgehead atoms. The second-order valence-electron chi connectivity index (χ2n) is 1.85. The van der Waals surface area contributed by atoms with Crippen molar-refractivity contribution >= 4 is 12.4 Å². The molecule has 0 atom stereocenters. The largest absolute Gasteiger partial charge is 1.00 e. The molecule has 4 nitrogen and oxygen atoms in total. The van der Waals surface area contributed by atoms with Crippen LogP contribution in [0.1, 0.15) is 0 Å². The Bertz CT molecular complexity index is 160. The van der Waals surface area contributed by atoms with Crippen molar-refractivity contribution in [3.63, 3.8) is 0 Å². The van der Waals surface area contributed by atoms with Crippen molar-refractivity contribution in [2.45, 2.75) is 6.18 Å². The molecule has 0 saturated heterocycles. The average molecular weight is 209 g/mol. The first-order valence-corrected chi connectivity index (χ1v) is 2.61. The van der Waals surface area contributed by atoms with Gasteiger partial charge in [0.05, 0.1) is 0 Å². The maximum atomic E-state index is 10.5. The van der Waals surface area contributed by atoms with Crippen molar-refractivity contribution in [1.29, 1.82) is 0 Å². The summed E-state index contributed by atoms with van der Waals surface area (Å²) in [7, 11) is 3.38. The molecule has 0 fully saturated rings. The number of rotatable bonds is 1.